The number of nitrogens with one attached hydrogen (secondary N) is 1. The van der Waals surface area contributed by atoms with Gasteiger partial charge in [0.25, 0.3) is 5.56 Å². The lowest BCUT2D eigenvalue weighted by atomic mass is 10.1. The van der Waals surface area contributed by atoms with Crippen molar-refractivity contribution < 1.29 is 4.79 Å². The first-order valence-corrected chi connectivity index (χ1v) is 8.62. The minimum absolute atomic E-state index is 0.149. The molecule has 0 saturated heterocycles. The standard InChI is InChI=1S/C22H21N3O2/c1-16-7-2-3-8-18(16)15-25-14-6-9-17(22(25)27)12-13-21(26)24-20-11-5-4-10-19(20)23/h2-14H,15,23H2,1H3,(H,24,26)/b13-12+. The Morgan fingerprint density at radius 2 is 1.81 bits per heavy atom. The first kappa shape index (κ1) is 18.2. The fourth-order valence-corrected chi connectivity index (χ4v) is 2.73. The van der Waals surface area contributed by atoms with E-state index in [-0.39, 0.29) is 11.5 Å². The molecule has 1 amide bonds. The summed E-state index contributed by atoms with van der Waals surface area (Å²) in [6, 6.07) is 18.4. The Kier molecular flexibility index (Phi) is 5.52. The molecule has 0 bridgehead atoms. The van der Waals surface area contributed by atoms with Crippen LogP contribution in [-0.2, 0) is 11.3 Å². The van der Waals surface area contributed by atoms with Crippen LogP contribution >= 0.6 is 0 Å². The molecule has 0 atom stereocenters. The first-order valence-electron chi connectivity index (χ1n) is 8.62. The van der Waals surface area contributed by atoms with Gasteiger partial charge in [-0.2, -0.15) is 0 Å². The van der Waals surface area contributed by atoms with Gasteiger partial charge in [-0.05, 0) is 48.4 Å². The zero-order chi connectivity index (χ0) is 19.2. The highest BCUT2D eigenvalue weighted by Crippen LogP contribution is 2.16. The van der Waals surface area contributed by atoms with Gasteiger partial charge in [-0.15, -0.1) is 0 Å². The highest BCUT2D eigenvalue weighted by Gasteiger charge is 2.05. The van der Waals surface area contributed by atoms with Crippen LogP contribution < -0.4 is 16.6 Å². The van der Waals surface area contributed by atoms with Crippen molar-refractivity contribution in [3.8, 4) is 0 Å². The minimum Gasteiger partial charge on any atom is -0.397 e. The predicted molar refractivity (Wildman–Crippen MR) is 110 cm³/mol. The number of carbonyl (C=O) groups excluding carboxylic acids is 1. The summed E-state index contributed by atoms with van der Waals surface area (Å²) in [5, 5.41) is 2.70. The smallest absolute Gasteiger partial charge is 0.258 e. The topological polar surface area (TPSA) is 77.1 Å². The van der Waals surface area contributed by atoms with E-state index in [1.54, 1.807) is 47.2 Å². The Morgan fingerprint density at radius 3 is 2.59 bits per heavy atom. The van der Waals surface area contributed by atoms with E-state index in [2.05, 4.69) is 5.32 Å². The number of benzene rings is 2. The molecule has 27 heavy (non-hydrogen) atoms. The van der Waals surface area contributed by atoms with Crippen molar-refractivity contribution in [3.05, 3.63) is 100.0 Å². The van der Waals surface area contributed by atoms with Crippen molar-refractivity contribution >= 4 is 23.4 Å². The number of anilines is 2. The van der Waals surface area contributed by atoms with Crippen LogP contribution in [-0.4, -0.2) is 10.5 Å². The SMILES string of the molecule is Cc1ccccc1Cn1cccc(/C=C/C(=O)Nc2ccccc2N)c1=O. The van der Waals surface area contributed by atoms with E-state index in [9.17, 15) is 9.59 Å². The zero-order valence-corrected chi connectivity index (χ0v) is 15.1. The average molecular weight is 359 g/mol. The molecule has 0 spiro atoms. The number of hydrogen-bond donors (Lipinski definition) is 2. The largest absolute Gasteiger partial charge is 0.397 e. The summed E-state index contributed by atoms with van der Waals surface area (Å²) in [4.78, 5) is 24.8. The lowest BCUT2D eigenvalue weighted by molar-refractivity contribution is -0.111. The van der Waals surface area contributed by atoms with E-state index in [4.69, 9.17) is 5.73 Å². The number of aromatic nitrogens is 1. The number of aryl methyl sites for hydroxylation is 1. The molecule has 2 aromatic carbocycles. The maximum Gasteiger partial charge on any atom is 0.258 e. The summed E-state index contributed by atoms with van der Waals surface area (Å²) in [5.74, 6) is -0.346. The monoisotopic (exact) mass is 359 g/mol. The second-order valence-corrected chi connectivity index (χ2v) is 6.23. The molecule has 0 aliphatic heterocycles. The quantitative estimate of drug-likeness (QED) is 0.541. The summed E-state index contributed by atoms with van der Waals surface area (Å²) in [6.07, 6.45) is 4.60. The Hall–Kier alpha value is -3.60. The molecule has 0 aliphatic carbocycles. The van der Waals surface area contributed by atoms with Crippen molar-refractivity contribution in [2.45, 2.75) is 13.5 Å². The Morgan fingerprint density at radius 1 is 1.07 bits per heavy atom. The number of nitrogens with zero attached hydrogens (tertiary/aromatic N) is 1. The van der Waals surface area contributed by atoms with Gasteiger partial charge >= 0.3 is 0 Å². The highest BCUT2D eigenvalue weighted by atomic mass is 16.1. The van der Waals surface area contributed by atoms with Crippen LogP contribution in [0.4, 0.5) is 11.4 Å². The number of hydrogen-bond acceptors (Lipinski definition) is 3. The van der Waals surface area contributed by atoms with Crippen LogP contribution in [0.2, 0.25) is 0 Å². The molecule has 0 unspecified atom stereocenters. The van der Waals surface area contributed by atoms with Gasteiger partial charge in [-0.25, -0.2) is 0 Å². The molecule has 1 aromatic heterocycles. The van der Waals surface area contributed by atoms with Gasteiger partial charge in [0, 0.05) is 17.8 Å². The first-order chi connectivity index (χ1) is 13.0. The van der Waals surface area contributed by atoms with E-state index >= 15 is 0 Å². The Labute approximate surface area is 157 Å². The summed E-state index contributed by atoms with van der Waals surface area (Å²) in [7, 11) is 0. The average Bonchev–Trinajstić information content (AvgIpc) is 2.66. The Balaban J connectivity index is 1.77. The zero-order valence-electron chi connectivity index (χ0n) is 15.1. The van der Waals surface area contributed by atoms with Gasteiger partial charge in [-0.1, -0.05) is 36.4 Å². The van der Waals surface area contributed by atoms with Gasteiger partial charge in [0.1, 0.15) is 0 Å². The summed E-state index contributed by atoms with van der Waals surface area (Å²) >= 11 is 0. The van der Waals surface area contributed by atoms with Crippen LogP contribution in [0.15, 0.2) is 77.7 Å². The second kappa shape index (κ2) is 8.19. The summed E-state index contributed by atoms with van der Waals surface area (Å²) in [5.41, 5.74) is 9.35. The third-order valence-electron chi connectivity index (χ3n) is 4.28. The fourth-order valence-electron chi connectivity index (χ4n) is 2.73. The van der Waals surface area contributed by atoms with Crippen molar-refractivity contribution in [2.24, 2.45) is 0 Å². The van der Waals surface area contributed by atoms with Gasteiger partial charge in [0.15, 0.2) is 0 Å². The molecule has 1 heterocycles. The maximum absolute atomic E-state index is 12.7. The molecule has 5 heteroatoms. The van der Waals surface area contributed by atoms with Crippen LogP contribution in [0.25, 0.3) is 6.08 Å². The van der Waals surface area contributed by atoms with E-state index < -0.39 is 0 Å². The number of nitrogens with two attached hydrogens (primary N) is 1. The summed E-state index contributed by atoms with van der Waals surface area (Å²) in [6.45, 7) is 2.50. The van der Waals surface area contributed by atoms with Gasteiger partial charge in [0.2, 0.25) is 5.91 Å². The second-order valence-electron chi connectivity index (χ2n) is 6.23. The molecule has 136 valence electrons. The third kappa shape index (κ3) is 4.52. The van der Waals surface area contributed by atoms with E-state index in [1.165, 1.54) is 12.2 Å². The number of rotatable bonds is 5. The van der Waals surface area contributed by atoms with Crippen LogP contribution in [0.3, 0.4) is 0 Å². The van der Waals surface area contributed by atoms with Crippen LogP contribution in [0.5, 0.6) is 0 Å². The van der Waals surface area contributed by atoms with E-state index in [0.717, 1.165) is 11.1 Å². The number of carbonyl (C=O) groups is 1. The highest BCUT2D eigenvalue weighted by molar-refractivity contribution is 6.03. The van der Waals surface area contributed by atoms with Crippen molar-refractivity contribution in [2.75, 3.05) is 11.1 Å². The lowest BCUT2D eigenvalue weighted by Gasteiger charge is -2.09. The normalized spacial score (nSPS) is 10.9. The molecule has 0 fully saturated rings. The number of amides is 1. The molecule has 0 aliphatic rings. The van der Waals surface area contributed by atoms with Crippen molar-refractivity contribution in [3.63, 3.8) is 0 Å². The van der Waals surface area contributed by atoms with Crippen molar-refractivity contribution in [1.29, 1.82) is 0 Å². The molecule has 0 saturated carbocycles. The molecule has 5 nitrogen and oxygen atoms in total. The van der Waals surface area contributed by atoms with E-state index in [1.807, 2.05) is 31.2 Å². The molecule has 3 N–H and O–H groups in total. The van der Waals surface area contributed by atoms with Crippen molar-refractivity contribution in [1.82, 2.24) is 4.57 Å². The number of para-hydroxylation sites is 2. The number of pyridine rings is 1. The van der Waals surface area contributed by atoms with Crippen LogP contribution in [0, 0.1) is 6.92 Å². The fraction of sp³-hybridized carbons (Fsp3) is 0.0909. The van der Waals surface area contributed by atoms with Crippen LogP contribution in [0.1, 0.15) is 16.7 Å². The maximum atomic E-state index is 12.7. The Bertz CT molecular complexity index is 1050. The van der Waals surface area contributed by atoms with E-state index in [0.29, 0.717) is 23.5 Å². The van der Waals surface area contributed by atoms with Gasteiger partial charge in [0.05, 0.1) is 17.9 Å². The van der Waals surface area contributed by atoms with Gasteiger partial charge in [-0.3, -0.25) is 9.59 Å². The minimum atomic E-state index is -0.346. The number of nitrogen functional groups attached to an aromatic ring is 1. The molecule has 3 aromatic rings. The molecule has 0 radical (unpaired) electrons. The third-order valence-corrected chi connectivity index (χ3v) is 4.28. The lowest BCUT2D eigenvalue weighted by Crippen LogP contribution is -2.22. The van der Waals surface area contributed by atoms with Gasteiger partial charge < -0.3 is 15.6 Å². The molecule has 3 rings (SSSR count). The molecular weight excluding hydrogens is 338 g/mol. The summed E-state index contributed by atoms with van der Waals surface area (Å²) < 4.78 is 1.63. The predicted octanol–water partition coefficient (Wildman–Crippen LogP) is 3.44. The molecular formula is C22H21N3O2.